The molecule has 0 amide bonds. The molecule has 3 aliphatic heterocycles. The minimum Gasteiger partial charge on any atom is -0.455 e. The van der Waals surface area contributed by atoms with Gasteiger partial charge in [0, 0.05) is 0 Å². The van der Waals surface area contributed by atoms with Gasteiger partial charge in [-0.1, -0.05) is 0 Å². The lowest BCUT2D eigenvalue weighted by molar-refractivity contribution is -0.165. The molecule has 0 aromatic rings. The van der Waals surface area contributed by atoms with Crippen molar-refractivity contribution >= 4 is 22.1 Å². The van der Waals surface area contributed by atoms with E-state index in [0.29, 0.717) is 19.3 Å². The zero-order valence-electron chi connectivity index (χ0n) is 12.3. The molecule has 1 saturated carbocycles. The fraction of sp³-hybridized carbons (Fsp3) is 0.857. The maximum Gasteiger partial charge on any atom is 0.312 e. The number of hydrogen-bond acceptors (Lipinski definition) is 7. The molecule has 8 nitrogen and oxygen atoms in total. The van der Waals surface area contributed by atoms with Crippen molar-refractivity contribution < 1.29 is 36.8 Å². The van der Waals surface area contributed by atoms with Crippen LogP contribution in [0.25, 0.3) is 0 Å². The predicted octanol–water partition coefficient (Wildman–Crippen LogP) is 0.0575. The lowest BCUT2D eigenvalue weighted by atomic mass is 9.87. The second kappa shape index (κ2) is 5.15. The van der Waals surface area contributed by atoms with Gasteiger partial charge >= 0.3 is 11.9 Å². The van der Waals surface area contributed by atoms with E-state index in [1.165, 1.54) is 0 Å². The van der Waals surface area contributed by atoms with Crippen LogP contribution in [0.1, 0.15) is 32.1 Å². The van der Waals surface area contributed by atoms with Crippen LogP contribution in [0.5, 0.6) is 0 Å². The summed E-state index contributed by atoms with van der Waals surface area (Å²) in [6.07, 6.45) is 0.0567. The lowest BCUT2D eigenvalue weighted by Crippen LogP contribution is -2.42. The molecule has 9 heteroatoms. The van der Waals surface area contributed by atoms with Crippen molar-refractivity contribution in [2.24, 2.45) is 11.8 Å². The Labute approximate surface area is 133 Å². The highest BCUT2D eigenvalue weighted by molar-refractivity contribution is 7.86. The summed E-state index contributed by atoms with van der Waals surface area (Å²) in [5.41, 5.74) is 0. The van der Waals surface area contributed by atoms with Crippen LogP contribution in [-0.2, 0) is 33.9 Å². The van der Waals surface area contributed by atoms with E-state index in [2.05, 4.69) is 0 Å². The normalized spacial score (nSPS) is 45.1. The quantitative estimate of drug-likeness (QED) is 0.563. The third-order valence-electron chi connectivity index (χ3n) is 5.46. The summed E-state index contributed by atoms with van der Waals surface area (Å²) in [5.74, 6) is -1.31. The van der Waals surface area contributed by atoms with Gasteiger partial charge in [0.05, 0.1) is 23.2 Å². The molecule has 4 fully saturated rings. The first kappa shape index (κ1) is 15.3. The fourth-order valence-corrected chi connectivity index (χ4v) is 5.08. The smallest absolute Gasteiger partial charge is 0.312 e. The van der Waals surface area contributed by atoms with E-state index in [0.717, 1.165) is 0 Å². The Balaban J connectivity index is 1.36. The molecule has 3 heterocycles. The van der Waals surface area contributed by atoms with E-state index in [1.807, 2.05) is 0 Å². The number of carbonyl (C=O) groups excluding carboxylic acids is 2. The maximum absolute atomic E-state index is 12.3. The number of hydrogen-bond donors (Lipinski definition) is 1. The van der Waals surface area contributed by atoms with E-state index in [1.54, 1.807) is 0 Å². The monoisotopic (exact) mass is 346 g/mol. The number of fused-ring (bicyclic) bond motifs is 1. The van der Waals surface area contributed by atoms with Crippen molar-refractivity contribution in [1.29, 1.82) is 0 Å². The van der Waals surface area contributed by atoms with Crippen LogP contribution in [0.15, 0.2) is 0 Å². The molecular weight excluding hydrogens is 328 g/mol. The Morgan fingerprint density at radius 1 is 1.17 bits per heavy atom. The Morgan fingerprint density at radius 3 is 2.52 bits per heavy atom. The third kappa shape index (κ3) is 2.45. The van der Waals surface area contributed by atoms with E-state index in [4.69, 9.17) is 18.8 Å². The summed E-state index contributed by atoms with van der Waals surface area (Å²) in [4.78, 5) is 23.9. The van der Waals surface area contributed by atoms with Gasteiger partial charge in [-0.3, -0.25) is 14.1 Å². The molecule has 4 aliphatic rings. The van der Waals surface area contributed by atoms with Crippen molar-refractivity contribution in [3.63, 3.8) is 0 Å². The molecule has 23 heavy (non-hydrogen) atoms. The van der Waals surface area contributed by atoms with E-state index < -0.39 is 33.5 Å². The Bertz CT molecular complexity index is 635. The number of rotatable bonds is 3. The van der Waals surface area contributed by atoms with Gasteiger partial charge in [0.2, 0.25) is 0 Å². The Kier molecular flexibility index (Phi) is 3.44. The second-order valence-corrected chi connectivity index (χ2v) is 8.47. The standard InChI is InChI=1S/C14H18O8S/c15-13(6-1-3-7(4-2-6)23(17,18)19)21-11-9-5-8-10(20-9)12(11)22-14(8)16/h6-12H,1-5H2,(H,17,18,19). The summed E-state index contributed by atoms with van der Waals surface area (Å²) in [7, 11) is -4.05. The van der Waals surface area contributed by atoms with Crippen LogP contribution in [0.4, 0.5) is 0 Å². The first-order valence-corrected chi connectivity index (χ1v) is 9.37. The van der Waals surface area contributed by atoms with Gasteiger partial charge in [-0.25, -0.2) is 0 Å². The molecule has 0 aromatic heterocycles. The highest BCUT2D eigenvalue weighted by Crippen LogP contribution is 2.47. The van der Waals surface area contributed by atoms with Crippen LogP contribution in [0, 0.1) is 11.8 Å². The number of ether oxygens (including phenoxy) is 3. The SMILES string of the molecule is O=C(OC1C2CC3C(=O)OC1C3O2)C1CCC(S(=O)(=O)O)CC1. The molecule has 5 atom stereocenters. The van der Waals surface area contributed by atoms with Crippen LogP contribution in [0.3, 0.4) is 0 Å². The first-order valence-electron chi connectivity index (χ1n) is 7.87. The number of esters is 2. The van der Waals surface area contributed by atoms with Crippen molar-refractivity contribution in [2.45, 2.75) is 61.8 Å². The largest absolute Gasteiger partial charge is 0.455 e. The minimum atomic E-state index is -4.05. The molecule has 1 aliphatic carbocycles. The molecule has 3 saturated heterocycles. The van der Waals surface area contributed by atoms with Crippen molar-refractivity contribution in [3.05, 3.63) is 0 Å². The van der Waals surface area contributed by atoms with E-state index in [9.17, 15) is 18.0 Å². The molecule has 4 rings (SSSR count). The summed E-state index contributed by atoms with van der Waals surface area (Å²) in [6, 6.07) is 0. The highest BCUT2D eigenvalue weighted by atomic mass is 32.2. The lowest BCUT2D eigenvalue weighted by Gasteiger charge is -2.28. The van der Waals surface area contributed by atoms with Crippen LogP contribution in [-0.4, -0.2) is 54.6 Å². The summed E-state index contributed by atoms with van der Waals surface area (Å²) in [6.45, 7) is 0. The van der Waals surface area contributed by atoms with Gasteiger partial charge in [-0.2, -0.15) is 8.42 Å². The van der Waals surface area contributed by atoms with Crippen LogP contribution >= 0.6 is 0 Å². The van der Waals surface area contributed by atoms with Gasteiger partial charge in [0.25, 0.3) is 10.1 Å². The maximum atomic E-state index is 12.3. The Hall–Kier alpha value is -1.19. The first-order chi connectivity index (χ1) is 10.8. The van der Waals surface area contributed by atoms with Gasteiger partial charge in [-0.05, 0) is 32.1 Å². The van der Waals surface area contributed by atoms with E-state index in [-0.39, 0.29) is 42.9 Å². The van der Waals surface area contributed by atoms with Crippen molar-refractivity contribution in [1.82, 2.24) is 0 Å². The zero-order valence-corrected chi connectivity index (χ0v) is 13.1. The summed E-state index contributed by atoms with van der Waals surface area (Å²) in [5, 5.41) is -0.797. The molecule has 0 aromatic carbocycles. The predicted molar refractivity (Wildman–Crippen MR) is 73.8 cm³/mol. The van der Waals surface area contributed by atoms with Gasteiger partial charge < -0.3 is 14.2 Å². The second-order valence-electron chi connectivity index (χ2n) is 6.77. The molecule has 1 N–H and O–H groups in total. The average molecular weight is 346 g/mol. The number of carbonyl (C=O) groups is 2. The zero-order chi connectivity index (χ0) is 16.4. The molecule has 2 bridgehead atoms. The fourth-order valence-electron chi connectivity index (χ4n) is 4.21. The third-order valence-corrected chi connectivity index (χ3v) is 6.78. The highest BCUT2D eigenvalue weighted by Gasteiger charge is 2.65. The van der Waals surface area contributed by atoms with Gasteiger partial charge in [0.15, 0.2) is 12.2 Å². The molecular formula is C14H18O8S. The average Bonchev–Trinajstić information content (AvgIpc) is 3.11. The molecule has 0 spiro atoms. The van der Waals surface area contributed by atoms with Gasteiger partial charge in [0.1, 0.15) is 6.10 Å². The van der Waals surface area contributed by atoms with Gasteiger partial charge in [-0.15, -0.1) is 0 Å². The van der Waals surface area contributed by atoms with Crippen molar-refractivity contribution in [2.75, 3.05) is 0 Å². The summed E-state index contributed by atoms with van der Waals surface area (Å²) >= 11 is 0. The molecule has 0 radical (unpaired) electrons. The Morgan fingerprint density at radius 2 is 1.87 bits per heavy atom. The topological polar surface area (TPSA) is 116 Å². The molecule has 128 valence electrons. The van der Waals surface area contributed by atoms with Crippen LogP contribution in [0.2, 0.25) is 0 Å². The van der Waals surface area contributed by atoms with Crippen molar-refractivity contribution in [3.8, 4) is 0 Å². The summed E-state index contributed by atoms with van der Waals surface area (Å²) < 4.78 is 47.7. The van der Waals surface area contributed by atoms with Crippen LogP contribution < -0.4 is 0 Å². The van der Waals surface area contributed by atoms with E-state index >= 15 is 0 Å². The molecule has 5 unspecified atom stereocenters. The minimum absolute atomic E-state index is 0.231.